The first-order valence-corrected chi connectivity index (χ1v) is 5.78. The zero-order valence-corrected chi connectivity index (χ0v) is 9.65. The van der Waals surface area contributed by atoms with E-state index in [0.717, 1.165) is 0 Å². The summed E-state index contributed by atoms with van der Waals surface area (Å²) < 4.78 is 1.56. The molecule has 2 aromatic rings. The Morgan fingerprint density at radius 3 is 3.29 bits per heavy atom. The van der Waals surface area contributed by atoms with Crippen LogP contribution in [0.15, 0.2) is 23.6 Å². The van der Waals surface area contributed by atoms with E-state index in [2.05, 4.69) is 26.3 Å². The predicted molar refractivity (Wildman–Crippen MR) is 63.3 cm³/mol. The summed E-state index contributed by atoms with van der Waals surface area (Å²) in [7, 11) is 0. The normalized spacial score (nSPS) is 10.1. The van der Waals surface area contributed by atoms with Crippen LogP contribution < -0.4 is 5.32 Å². The van der Waals surface area contributed by atoms with Crippen molar-refractivity contribution in [1.82, 2.24) is 24.9 Å². The van der Waals surface area contributed by atoms with Gasteiger partial charge in [-0.15, -0.1) is 11.5 Å². The number of carbonyl (C=O) groups is 1. The molecule has 0 aliphatic carbocycles. The molecule has 0 spiro atoms. The molecule has 0 bridgehead atoms. The zero-order chi connectivity index (χ0) is 12.1. The molecule has 2 aromatic heterocycles. The van der Waals surface area contributed by atoms with Gasteiger partial charge in [-0.3, -0.25) is 4.79 Å². The maximum atomic E-state index is 11.3. The van der Waals surface area contributed by atoms with Crippen molar-refractivity contribution in [2.75, 3.05) is 12.3 Å². The van der Waals surface area contributed by atoms with Gasteiger partial charge >= 0.3 is 0 Å². The molecule has 0 fully saturated rings. The Balaban J connectivity index is 1.95. The largest absolute Gasteiger partial charge is 0.344 e. The zero-order valence-electron chi connectivity index (χ0n) is 8.83. The Kier molecular flexibility index (Phi) is 3.57. The highest BCUT2D eigenvalue weighted by Crippen LogP contribution is 2.12. The van der Waals surface area contributed by atoms with Gasteiger partial charge in [0, 0.05) is 12.4 Å². The summed E-state index contributed by atoms with van der Waals surface area (Å²) in [6.07, 6.45) is 8.41. The molecule has 0 saturated heterocycles. The molecule has 1 amide bonds. The lowest BCUT2D eigenvalue weighted by molar-refractivity contribution is -0.118. The van der Waals surface area contributed by atoms with E-state index in [0.29, 0.717) is 10.9 Å². The van der Waals surface area contributed by atoms with E-state index < -0.39 is 0 Å². The topological polar surface area (TPSA) is 72.2 Å². The highest BCUT2D eigenvalue weighted by atomic mass is 32.2. The van der Waals surface area contributed by atoms with Crippen LogP contribution in [0.25, 0.3) is 5.78 Å². The Morgan fingerprint density at radius 2 is 2.53 bits per heavy atom. The lowest BCUT2D eigenvalue weighted by Crippen LogP contribution is -2.25. The minimum Gasteiger partial charge on any atom is -0.344 e. The van der Waals surface area contributed by atoms with E-state index >= 15 is 0 Å². The number of rotatable bonds is 4. The summed E-state index contributed by atoms with van der Waals surface area (Å²) in [5, 5.41) is 7.23. The van der Waals surface area contributed by atoms with Gasteiger partial charge in [0.2, 0.25) is 11.1 Å². The quantitative estimate of drug-likeness (QED) is 0.606. The second kappa shape index (κ2) is 5.32. The van der Waals surface area contributed by atoms with Gasteiger partial charge in [-0.1, -0.05) is 17.7 Å². The van der Waals surface area contributed by atoms with Crippen molar-refractivity contribution in [3.63, 3.8) is 0 Å². The first-order valence-electron chi connectivity index (χ1n) is 4.80. The van der Waals surface area contributed by atoms with Crippen LogP contribution in [0.3, 0.4) is 0 Å². The Labute approximate surface area is 102 Å². The highest BCUT2D eigenvalue weighted by molar-refractivity contribution is 7.99. The number of amides is 1. The van der Waals surface area contributed by atoms with Crippen molar-refractivity contribution in [2.45, 2.75) is 5.16 Å². The molecule has 0 aliphatic rings. The standard InChI is InChI=1S/C10H9N5OS/c1-2-4-11-8(16)7-17-10-13-9-12-5-3-6-15(9)14-10/h1,3,5-6H,4,7H2,(H,11,16). The van der Waals surface area contributed by atoms with Crippen molar-refractivity contribution in [1.29, 1.82) is 0 Å². The fourth-order valence-electron chi connectivity index (χ4n) is 1.11. The molecule has 0 saturated carbocycles. The Morgan fingerprint density at radius 1 is 1.65 bits per heavy atom. The van der Waals surface area contributed by atoms with Crippen LogP contribution in [0.1, 0.15) is 0 Å². The Bertz CT molecular complexity index is 540. The van der Waals surface area contributed by atoms with Gasteiger partial charge < -0.3 is 5.32 Å². The molecule has 0 radical (unpaired) electrons. The van der Waals surface area contributed by atoms with E-state index in [1.54, 1.807) is 23.0 Å². The van der Waals surface area contributed by atoms with Crippen LogP contribution in [-0.4, -0.2) is 37.8 Å². The van der Waals surface area contributed by atoms with Crippen molar-refractivity contribution in [2.24, 2.45) is 0 Å². The third-order valence-corrected chi connectivity index (χ3v) is 2.65. The smallest absolute Gasteiger partial charge is 0.253 e. The number of nitrogens with one attached hydrogen (secondary N) is 1. The van der Waals surface area contributed by atoms with E-state index in [9.17, 15) is 4.79 Å². The minimum absolute atomic E-state index is 0.139. The van der Waals surface area contributed by atoms with E-state index in [-0.39, 0.29) is 18.2 Å². The lowest BCUT2D eigenvalue weighted by atomic mass is 10.6. The molecule has 2 heterocycles. The molecule has 0 unspecified atom stereocenters. The molecule has 86 valence electrons. The molecule has 7 heteroatoms. The Hall–Kier alpha value is -2.07. The second-order valence-corrected chi connectivity index (χ2v) is 3.97. The summed E-state index contributed by atoms with van der Waals surface area (Å²) >= 11 is 1.24. The molecule has 2 rings (SSSR count). The van der Waals surface area contributed by atoms with Gasteiger partial charge in [-0.2, -0.15) is 4.98 Å². The van der Waals surface area contributed by atoms with Crippen LogP contribution in [0.5, 0.6) is 0 Å². The molecule has 17 heavy (non-hydrogen) atoms. The number of hydrogen-bond donors (Lipinski definition) is 1. The molecule has 0 aliphatic heterocycles. The summed E-state index contributed by atoms with van der Waals surface area (Å²) in [4.78, 5) is 19.5. The van der Waals surface area contributed by atoms with E-state index in [1.807, 2.05) is 0 Å². The third-order valence-electron chi connectivity index (χ3n) is 1.82. The van der Waals surface area contributed by atoms with Crippen molar-refractivity contribution in [3.8, 4) is 12.3 Å². The number of fused-ring (bicyclic) bond motifs is 1. The molecular weight excluding hydrogens is 238 g/mol. The number of hydrogen-bond acceptors (Lipinski definition) is 5. The van der Waals surface area contributed by atoms with Crippen LogP contribution in [0.4, 0.5) is 0 Å². The van der Waals surface area contributed by atoms with Crippen molar-refractivity contribution >= 4 is 23.4 Å². The van der Waals surface area contributed by atoms with Gasteiger partial charge in [-0.25, -0.2) is 9.50 Å². The lowest BCUT2D eigenvalue weighted by Gasteiger charge is -1.97. The van der Waals surface area contributed by atoms with Crippen molar-refractivity contribution < 1.29 is 4.79 Å². The average molecular weight is 247 g/mol. The first kappa shape index (κ1) is 11.4. The van der Waals surface area contributed by atoms with Crippen LogP contribution in [-0.2, 0) is 4.79 Å². The SMILES string of the molecule is C#CCNC(=O)CSc1nc2ncccn2n1. The highest BCUT2D eigenvalue weighted by Gasteiger charge is 2.07. The number of aromatic nitrogens is 4. The third kappa shape index (κ3) is 2.95. The van der Waals surface area contributed by atoms with Gasteiger partial charge in [0.1, 0.15) is 0 Å². The predicted octanol–water partition coefficient (Wildman–Crippen LogP) is -0.0342. The fourth-order valence-corrected chi connectivity index (χ4v) is 1.76. The fraction of sp³-hybridized carbons (Fsp3) is 0.200. The molecule has 1 N–H and O–H groups in total. The molecule has 0 aromatic carbocycles. The second-order valence-electron chi connectivity index (χ2n) is 3.03. The number of nitrogens with zero attached hydrogens (tertiary/aromatic N) is 4. The van der Waals surface area contributed by atoms with Gasteiger partial charge in [0.05, 0.1) is 12.3 Å². The van der Waals surface area contributed by atoms with E-state index in [1.165, 1.54) is 11.8 Å². The van der Waals surface area contributed by atoms with Crippen LogP contribution >= 0.6 is 11.8 Å². The molecule has 6 nitrogen and oxygen atoms in total. The maximum Gasteiger partial charge on any atom is 0.253 e. The van der Waals surface area contributed by atoms with Gasteiger partial charge in [-0.05, 0) is 6.07 Å². The van der Waals surface area contributed by atoms with E-state index in [4.69, 9.17) is 6.42 Å². The summed E-state index contributed by atoms with van der Waals surface area (Å²) in [6.45, 7) is 0.236. The first-order chi connectivity index (χ1) is 8.29. The number of terminal acetylenes is 1. The summed E-state index contributed by atoms with van der Waals surface area (Å²) in [5.41, 5.74) is 0. The van der Waals surface area contributed by atoms with Gasteiger partial charge in [0.25, 0.3) is 5.78 Å². The molecule has 0 atom stereocenters. The monoisotopic (exact) mass is 247 g/mol. The minimum atomic E-state index is -0.139. The van der Waals surface area contributed by atoms with Crippen molar-refractivity contribution in [3.05, 3.63) is 18.5 Å². The number of carbonyl (C=O) groups excluding carboxylic acids is 1. The van der Waals surface area contributed by atoms with Crippen LogP contribution in [0.2, 0.25) is 0 Å². The van der Waals surface area contributed by atoms with Crippen LogP contribution in [0, 0.1) is 12.3 Å². The molecular formula is C10H9N5OS. The maximum absolute atomic E-state index is 11.3. The number of thioether (sulfide) groups is 1. The summed E-state index contributed by atoms with van der Waals surface area (Å²) in [5.74, 6) is 2.94. The summed E-state index contributed by atoms with van der Waals surface area (Å²) in [6, 6.07) is 1.76. The average Bonchev–Trinajstić information content (AvgIpc) is 2.76. The van der Waals surface area contributed by atoms with Gasteiger partial charge in [0.15, 0.2) is 0 Å².